The number of benzene rings is 1. The van der Waals surface area contributed by atoms with E-state index in [9.17, 15) is 9.59 Å². The molecule has 120 valence electrons. The van der Waals surface area contributed by atoms with E-state index in [1.54, 1.807) is 6.92 Å². The fourth-order valence-electron chi connectivity index (χ4n) is 3.11. The molecule has 1 amide bonds. The molecule has 0 bridgehead atoms. The van der Waals surface area contributed by atoms with Crippen molar-refractivity contribution in [1.82, 2.24) is 5.32 Å². The third-order valence-corrected chi connectivity index (χ3v) is 4.58. The standard InChI is InChI=1S/C18H26N2O2/c1-14-8-6-7-11-20(14)13-18(22)19-17(15(2)21)12-16-9-4-3-5-10-16/h3-5,9-10,14,17H,6-8,11-13H2,1-2H3,(H,19,22)/p+1/t14-,17+/m1/s1. The quantitative estimate of drug-likeness (QED) is 0.815. The van der Waals surface area contributed by atoms with Crippen LogP contribution in [0.5, 0.6) is 0 Å². The van der Waals surface area contributed by atoms with Crippen LogP contribution >= 0.6 is 0 Å². The van der Waals surface area contributed by atoms with Crippen molar-refractivity contribution in [2.45, 2.75) is 51.6 Å². The lowest BCUT2D eigenvalue weighted by Crippen LogP contribution is -3.17. The summed E-state index contributed by atoms with van der Waals surface area (Å²) in [5.74, 6) is -0.00113. The largest absolute Gasteiger partial charge is 0.341 e. The molecule has 4 nitrogen and oxygen atoms in total. The molecule has 4 heteroatoms. The minimum absolute atomic E-state index is 0.0129. The highest BCUT2D eigenvalue weighted by atomic mass is 16.2. The van der Waals surface area contributed by atoms with E-state index in [2.05, 4.69) is 12.2 Å². The molecule has 1 heterocycles. The Labute approximate surface area is 132 Å². The van der Waals surface area contributed by atoms with Crippen LogP contribution in [0, 0.1) is 0 Å². The smallest absolute Gasteiger partial charge is 0.275 e. The molecule has 1 aliphatic rings. The third-order valence-electron chi connectivity index (χ3n) is 4.58. The first-order chi connectivity index (χ1) is 10.6. The van der Waals surface area contributed by atoms with Crippen LogP contribution in [-0.4, -0.2) is 36.9 Å². The summed E-state index contributed by atoms with van der Waals surface area (Å²) in [5, 5.41) is 2.92. The van der Waals surface area contributed by atoms with Crippen molar-refractivity contribution in [3.63, 3.8) is 0 Å². The fraction of sp³-hybridized carbons (Fsp3) is 0.556. The molecule has 0 aliphatic carbocycles. The maximum absolute atomic E-state index is 12.3. The van der Waals surface area contributed by atoms with Gasteiger partial charge in [0, 0.05) is 0 Å². The molecule has 22 heavy (non-hydrogen) atoms. The lowest BCUT2D eigenvalue weighted by molar-refractivity contribution is -0.921. The van der Waals surface area contributed by atoms with E-state index < -0.39 is 6.04 Å². The second-order valence-corrected chi connectivity index (χ2v) is 6.40. The number of carbonyl (C=O) groups is 2. The Morgan fingerprint density at radius 1 is 1.27 bits per heavy atom. The van der Waals surface area contributed by atoms with Gasteiger partial charge in [-0.25, -0.2) is 0 Å². The fourth-order valence-corrected chi connectivity index (χ4v) is 3.11. The SMILES string of the molecule is CC(=O)[C@H](Cc1ccccc1)NC(=O)C[NH+]1CCCC[C@H]1C. The number of hydrogen-bond donors (Lipinski definition) is 2. The minimum Gasteiger partial charge on any atom is -0.341 e. The first-order valence-corrected chi connectivity index (χ1v) is 8.24. The van der Waals surface area contributed by atoms with Crippen molar-refractivity contribution in [2.75, 3.05) is 13.1 Å². The zero-order valence-electron chi connectivity index (χ0n) is 13.6. The molecule has 0 saturated carbocycles. The highest BCUT2D eigenvalue weighted by molar-refractivity contribution is 5.88. The second-order valence-electron chi connectivity index (χ2n) is 6.40. The molecule has 1 aliphatic heterocycles. The van der Waals surface area contributed by atoms with Crippen LogP contribution in [0.3, 0.4) is 0 Å². The van der Waals surface area contributed by atoms with Gasteiger partial charge in [-0.2, -0.15) is 0 Å². The number of likely N-dealkylation sites (tertiary alicyclic amines) is 1. The Kier molecular flexibility index (Phi) is 6.13. The van der Waals surface area contributed by atoms with E-state index in [4.69, 9.17) is 0 Å². The Morgan fingerprint density at radius 2 is 2.00 bits per heavy atom. The number of piperidine rings is 1. The zero-order valence-corrected chi connectivity index (χ0v) is 13.6. The molecule has 3 atom stereocenters. The van der Waals surface area contributed by atoms with Crippen LogP contribution in [0.2, 0.25) is 0 Å². The molecule has 2 N–H and O–H groups in total. The zero-order chi connectivity index (χ0) is 15.9. The molecule has 0 aromatic heterocycles. The van der Waals surface area contributed by atoms with E-state index in [0.717, 1.165) is 12.1 Å². The van der Waals surface area contributed by atoms with E-state index in [0.29, 0.717) is 19.0 Å². The molecule has 0 radical (unpaired) electrons. The summed E-state index contributed by atoms with van der Waals surface area (Å²) < 4.78 is 0. The van der Waals surface area contributed by atoms with Crippen molar-refractivity contribution in [2.24, 2.45) is 0 Å². The summed E-state index contributed by atoms with van der Waals surface area (Å²) in [6.45, 7) is 5.27. The third kappa shape index (κ3) is 4.95. The Hall–Kier alpha value is -1.68. The predicted molar refractivity (Wildman–Crippen MR) is 86.8 cm³/mol. The van der Waals surface area contributed by atoms with Crippen LogP contribution in [0.1, 0.15) is 38.7 Å². The second kappa shape index (κ2) is 8.08. The van der Waals surface area contributed by atoms with E-state index in [1.807, 2.05) is 30.3 Å². The van der Waals surface area contributed by atoms with Crippen LogP contribution in [-0.2, 0) is 16.0 Å². The Bertz CT molecular complexity index is 501. The van der Waals surface area contributed by atoms with Crippen LogP contribution in [0.15, 0.2) is 30.3 Å². The van der Waals surface area contributed by atoms with Crippen molar-refractivity contribution in [1.29, 1.82) is 0 Å². The van der Waals surface area contributed by atoms with Gasteiger partial charge in [-0.15, -0.1) is 0 Å². The topological polar surface area (TPSA) is 50.6 Å². The number of ketones is 1. The van der Waals surface area contributed by atoms with Crippen molar-refractivity contribution in [3.05, 3.63) is 35.9 Å². The van der Waals surface area contributed by atoms with Gasteiger partial charge >= 0.3 is 0 Å². The average Bonchev–Trinajstić information content (AvgIpc) is 2.50. The highest BCUT2D eigenvalue weighted by Crippen LogP contribution is 2.04. The molecule has 1 saturated heterocycles. The van der Waals surface area contributed by atoms with Crippen LogP contribution < -0.4 is 10.2 Å². The molecule has 1 fully saturated rings. The monoisotopic (exact) mass is 303 g/mol. The number of quaternary nitrogens is 1. The lowest BCUT2D eigenvalue weighted by Gasteiger charge is -2.30. The normalized spacial score (nSPS) is 22.8. The van der Waals surface area contributed by atoms with Crippen molar-refractivity contribution >= 4 is 11.7 Å². The van der Waals surface area contributed by atoms with Crippen LogP contribution in [0.25, 0.3) is 0 Å². The first-order valence-electron chi connectivity index (χ1n) is 8.24. The number of carbonyl (C=O) groups excluding carboxylic acids is 2. The number of rotatable bonds is 6. The van der Waals surface area contributed by atoms with E-state index in [-0.39, 0.29) is 11.7 Å². The molecule has 2 rings (SSSR count). The average molecular weight is 303 g/mol. The molecular weight excluding hydrogens is 276 g/mol. The number of hydrogen-bond acceptors (Lipinski definition) is 2. The Morgan fingerprint density at radius 3 is 2.64 bits per heavy atom. The van der Waals surface area contributed by atoms with Gasteiger partial charge in [-0.1, -0.05) is 30.3 Å². The summed E-state index contributed by atoms with van der Waals surface area (Å²) in [5.41, 5.74) is 1.07. The molecule has 1 aromatic rings. The Balaban J connectivity index is 1.90. The number of Topliss-reactive ketones (excluding diaryl/α,β-unsaturated/α-hetero) is 1. The maximum atomic E-state index is 12.3. The molecule has 1 unspecified atom stereocenters. The minimum atomic E-state index is -0.422. The molecule has 0 spiro atoms. The first kappa shape index (κ1) is 16.7. The van der Waals surface area contributed by atoms with E-state index >= 15 is 0 Å². The lowest BCUT2D eigenvalue weighted by atomic mass is 10.0. The predicted octanol–water partition coefficient (Wildman–Crippen LogP) is 0.760. The van der Waals surface area contributed by atoms with Gasteiger partial charge in [0.15, 0.2) is 12.3 Å². The van der Waals surface area contributed by atoms with Gasteiger partial charge in [-0.05, 0) is 45.1 Å². The van der Waals surface area contributed by atoms with Gasteiger partial charge in [-0.3, -0.25) is 9.59 Å². The van der Waals surface area contributed by atoms with Gasteiger partial charge in [0.1, 0.15) is 0 Å². The summed E-state index contributed by atoms with van der Waals surface area (Å²) in [6.07, 6.45) is 4.19. The summed E-state index contributed by atoms with van der Waals surface area (Å²) >= 11 is 0. The van der Waals surface area contributed by atoms with Crippen LogP contribution in [0.4, 0.5) is 0 Å². The van der Waals surface area contributed by atoms with Gasteiger partial charge in [0.25, 0.3) is 5.91 Å². The van der Waals surface area contributed by atoms with E-state index in [1.165, 1.54) is 24.2 Å². The molecule has 1 aromatic carbocycles. The van der Waals surface area contributed by atoms with Gasteiger partial charge < -0.3 is 10.2 Å². The maximum Gasteiger partial charge on any atom is 0.275 e. The summed E-state index contributed by atoms with van der Waals surface area (Å²) in [7, 11) is 0. The van der Waals surface area contributed by atoms with Crippen molar-refractivity contribution < 1.29 is 14.5 Å². The highest BCUT2D eigenvalue weighted by Gasteiger charge is 2.26. The molecular formula is C18H27N2O2+. The van der Waals surface area contributed by atoms with Gasteiger partial charge in [0.2, 0.25) is 0 Å². The number of nitrogens with one attached hydrogen (secondary N) is 2. The van der Waals surface area contributed by atoms with Gasteiger partial charge in [0.05, 0.1) is 18.6 Å². The number of amides is 1. The summed E-state index contributed by atoms with van der Waals surface area (Å²) in [6, 6.07) is 9.94. The van der Waals surface area contributed by atoms with Crippen molar-refractivity contribution in [3.8, 4) is 0 Å². The summed E-state index contributed by atoms with van der Waals surface area (Å²) in [4.78, 5) is 25.4.